The van der Waals surface area contributed by atoms with Gasteiger partial charge in [0.05, 0.1) is 30.5 Å². The molecule has 1 saturated heterocycles. The molecule has 0 spiro atoms. The summed E-state index contributed by atoms with van der Waals surface area (Å²) in [4.78, 5) is 11.3. The van der Waals surface area contributed by atoms with E-state index in [1.807, 2.05) is 6.20 Å². The summed E-state index contributed by atoms with van der Waals surface area (Å²) >= 11 is 6.11. The van der Waals surface area contributed by atoms with Crippen molar-refractivity contribution in [2.75, 3.05) is 37.7 Å². The first kappa shape index (κ1) is 17.7. The van der Waals surface area contributed by atoms with Gasteiger partial charge in [-0.3, -0.25) is 0 Å². The number of aromatic nitrogens is 2. The smallest absolute Gasteiger partial charge is 0.244 e. The molecule has 1 fully saturated rings. The number of rotatable bonds is 3. The van der Waals surface area contributed by atoms with Crippen LogP contribution in [0.2, 0.25) is 5.02 Å². The van der Waals surface area contributed by atoms with Crippen molar-refractivity contribution < 1.29 is 13.2 Å². The van der Waals surface area contributed by atoms with Crippen molar-refractivity contribution in [3.8, 4) is 0 Å². The van der Waals surface area contributed by atoms with Crippen molar-refractivity contribution >= 4 is 27.6 Å². The van der Waals surface area contributed by atoms with Crippen LogP contribution in [-0.4, -0.2) is 55.5 Å². The van der Waals surface area contributed by atoms with E-state index in [9.17, 15) is 8.42 Å². The molecule has 0 N–H and O–H groups in total. The van der Waals surface area contributed by atoms with Crippen molar-refractivity contribution in [1.82, 2.24) is 14.3 Å². The molecule has 0 amide bonds. The number of benzene rings is 1. The maximum absolute atomic E-state index is 13.0. The third-order valence-corrected chi connectivity index (χ3v) is 6.99. The third kappa shape index (κ3) is 3.29. The van der Waals surface area contributed by atoms with E-state index >= 15 is 0 Å². The zero-order valence-electron chi connectivity index (χ0n) is 14.1. The first-order valence-corrected chi connectivity index (χ1v) is 10.3. The molecule has 0 atom stereocenters. The number of anilines is 1. The Balaban J connectivity index is 1.61. The summed E-state index contributed by atoms with van der Waals surface area (Å²) < 4.78 is 32.7. The number of fused-ring (bicyclic) bond motifs is 1. The molecule has 0 bridgehead atoms. The topological polar surface area (TPSA) is 75.6 Å². The van der Waals surface area contributed by atoms with Crippen molar-refractivity contribution in [3.63, 3.8) is 0 Å². The van der Waals surface area contributed by atoms with Crippen LogP contribution in [-0.2, 0) is 27.7 Å². The Labute approximate surface area is 157 Å². The Morgan fingerprint density at radius 3 is 2.65 bits per heavy atom. The summed E-state index contributed by atoms with van der Waals surface area (Å²) in [5, 5.41) is 0.231. The number of ether oxygens (including phenoxy) is 1. The highest BCUT2D eigenvalue weighted by Crippen LogP contribution is 2.28. The van der Waals surface area contributed by atoms with Gasteiger partial charge in [0.1, 0.15) is 4.90 Å². The van der Waals surface area contributed by atoms with E-state index in [1.54, 1.807) is 18.2 Å². The number of sulfonamides is 1. The van der Waals surface area contributed by atoms with Gasteiger partial charge in [-0.2, -0.15) is 4.31 Å². The van der Waals surface area contributed by atoms with E-state index in [1.165, 1.54) is 10.4 Å². The molecule has 7 nitrogen and oxygen atoms in total. The average molecular weight is 395 g/mol. The standard InChI is InChI=1S/C17H19ClN4O3S/c18-14-3-1-2-4-16(14)26(23,24)22-6-5-13-11-19-17(20-15(13)12-22)21-7-9-25-10-8-21/h1-4,11H,5-10,12H2. The highest BCUT2D eigenvalue weighted by Gasteiger charge is 2.31. The first-order chi connectivity index (χ1) is 12.6. The lowest BCUT2D eigenvalue weighted by molar-refractivity contribution is 0.122. The summed E-state index contributed by atoms with van der Waals surface area (Å²) in [5.74, 6) is 0.629. The molecule has 0 radical (unpaired) electrons. The molecular formula is C17H19ClN4O3S. The van der Waals surface area contributed by atoms with Gasteiger partial charge in [0.25, 0.3) is 0 Å². The minimum Gasteiger partial charge on any atom is -0.378 e. The van der Waals surface area contributed by atoms with Crippen LogP contribution < -0.4 is 4.90 Å². The number of nitrogens with zero attached hydrogens (tertiary/aromatic N) is 4. The molecule has 0 aliphatic carbocycles. The van der Waals surface area contributed by atoms with Crippen LogP contribution in [0.15, 0.2) is 35.4 Å². The van der Waals surface area contributed by atoms with Gasteiger partial charge in [0.15, 0.2) is 0 Å². The van der Waals surface area contributed by atoms with E-state index in [2.05, 4.69) is 14.9 Å². The molecule has 2 aromatic rings. The summed E-state index contributed by atoms with van der Waals surface area (Å²) in [5.41, 5.74) is 1.75. The minimum absolute atomic E-state index is 0.132. The van der Waals surface area contributed by atoms with E-state index in [4.69, 9.17) is 16.3 Å². The Kier molecular flexibility index (Phi) is 4.83. The maximum Gasteiger partial charge on any atom is 0.244 e. The maximum atomic E-state index is 13.0. The van der Waals surface area contributed by atoms with E-state index in [0.29, 0.717) is 32.1 Å². The molecule has 4 rings (SSSR count). The molecular weight excluding hydrogens is 376 g/mol. The molecule has 26 heavy (non-hydrogen) atoms. The van der Waals surface area contributed by atoms with Crippen LogP contribution in [0, 0.1) is 0 Å². The highest BCUT2D eigenvalue weighted by molar-refractivity contribution is 7.89. The van der Waals surface area contributed by atoms with Crippen LogP contribution >= 0.6 is 11.6 Å². The predicted molar refractivity (Wildman–Crippen MR) is 97.8 cm³/mol. The van der Waals surface area contributed by atoms with Crippen LogP contribution in [0.1, 0.15) is 11.3 Å². The van der Waals surface area contributed by atoms with Gasteiger partial charge in [-0.1, -0.05) is 23.7 Å². The van der Waals surface area contributed by atoms with E-state index in [0.717, 1.165) is 24.3 Å². The van der Waals surface area contributed by atoms with Gasteiger partial charge in [-0.25, -0.2) is 18.4 Å². The fourth-order valence-corrected chi connectivity index (χ4v) is 5.08. The van der Waals surface area contributed by atoms with Crippen LogP contribution in [0.5, 0.6) is 0 Å². The molecule has 1 aromatic carbocycles. The van der Waals surface area contributed by atoms with Crippen LogP contribution in [0.3, 0.4) is 0 Å². The van der Waals surface area contributed by atoms with E-state index < -0.39 is 10.0 Å². The lowest BCUT2D eigenvalue weighted by atomic mass is 10.1. The number of morpholine rings is 1. The van der Waals surface area contributed by atoms with Crippen molar-refractivity contribution in [1.29, 1.82) is 0 Å². The van der Waals surface area contributed by atoms with E-state index in [-0.39, 0.29) is 16.5 Å². The van der Waals surface area contributed by atoms with Gasteiger partial charge in [-0.15, -0.1) is 0 Å². The first-order valence-electron chi connectivity index (χ1n) is 8.48. The van der Waals surface area contributed by atoms with Crippen molar-refractivity contribution in [3.05, 3.63) is 46.7 Å². The van der Waals surface area contributed by atoms with Crippen LogP contribution in [0.25, 0.3) is 0 Å². The Morgan fingerprint density at radius 2 is 1.88 bits per heavy atom. The number of halogens is 1. The molecule has 138 valence electrons. The zero-order chi connectivity index (χ0) is 18.1. The lowest BCUT2D eigenvalue weighted by Crippen LogP contribution is -2.39. The quantitative estimate of drug-likeness (QED) is 0.789. The highest BCUT2D eigenvalue weighted by atomic mass is 35.5. The Hall–Kier alpha value is -1.74. The Bertz CT molecular complexity index is 916. The second kappa shape index (κ2) is 7.11. The van der Waals surface area contributed by atoms with Crippen LogP contribution in [0.4, 0.5) is 5.95 Å². The van der Waals surface area contributed by atoms with Gasteiger partial charge in [0.2, 0.25) is 16.0 Å². The lowest BCUT2D eigenvalue weighted by Gasteiger charge is -2.30. The number of hydrogen-bond donors (Lipinski definition) is 0. The molecule has 3 heterocycles. The molecule has 0 unspecified atom stereocenters. The van der Waals surface area contributed by atoms with Crippen molar-refractivity contribution in [2.45, 2.75) is 17.9 Å². The molecule has 2 aliphatic rings. The fourth-order valence-electron chi connectivity index (χ4n) is 3.18. The fraction of sp³-hybridized carbons (Fsp3) is 0.412. The largest absolute Gasteiger partial charge is 0.378 e. The van der Waals surface area contributed by atoms with Gasteiger partial charge < -0.3 is 9.64 Å². The average Bonchev–Trinajstić information content (AvgIpc) is 2.68. The van der Waals surface area contributed by atoms with Gasteiger partial charge in [0, 0.05) is 25.8 Å². The summed E-state index contributed by atoms with van der Waals surface area (Å²) in [6, 6.07) is 6.52. The predicted octanol–water partition coefficient (Wildman–Crippen LogP) is 1.71. The summed E-state index contributed by atoms with van der Waals surface area (Å²) in [7, 11) is -3.67. The summed E-state index contributed by atoms with van der Waals surface area (Å²) in [6.45, 7) is 3.38. The monoisotopic (exact) mass is 394 g/mol. The van der Waals surface area contributed by atoms with Gasteiger partial charge in [-0.05, 0) is 24.1 Å². The Morgan fingerprint density at radius 1 is 1.12 bits per heavy atom. The van der Waals surface area contributed by atoms with Crippen molar-refractivity contribution in [2.24, 2.45) is 0 Å². The molecule has 2 aliphatic heterocycles. The third-order valence-electron chi connectivity index (χ3n) is 4.65. The normalized spacial score (nSPS) is 18.6. The molecule has 9 heteroatoms. The van der Waals surface area contributed by atoms with Gasteiger partial charge >= 0.3 is 0 Å². The SMILES string of the molecule is O=S(=O)(c1ccccc1Cl)N1CCc2cnc(N3CCOCC3)nc2C1. The second-order valence-corrected chi connectivity index (χ2v) is 8.57. The molecule has 0 saturated carbocycles. The number of hydrogen-bond acceptors (Lipinski definition) is 6. The minimum atomic E-state index is -3.67. The second-order valence-electron chi connectivity index (χ2n) is 6.26. The zero-order valence-corrected chi connectivity index (χ0v) is 15.7. The molecule has 1 aromatic heterocycles. The summed E-state index contributed by atoms with van der Waals surface area (Å²) in [6.07, 6.45) is 2.40.